The Bertz CT molecular complexity index is 334. The molecule has 3 rings (SSSR count). The van der Waals surface area contributed by atoms with Crippen LogP contribution in [0.1, 0.15) is 52.9 Å². The quantitative estimate of drug-likeness (QED) is 0.603. The highest BCUT2D eigenvalue weighted by Gasteiger charge is 2.58. The first-order valence-electron chi connectivity index (χ1n) is 7.22. The summed E-state index contributed by atoms with van der Waals surface area (Å²) in [4.78, 5) is 12.0. The summed E-state index contributed by atoms with van der Waals surface area (Å²) in [6, 6.07) is 0. The molecule has 0 aromatic rings. The predicted molar refractivity (Wildman–Crippen MR) is 66.4 cm³/mol. The zero-order valence-electron chi connectivity index (χ0n) is 11.2. The Morgan fingerprint density at radius 1 is 1.24 bits per heavy atom. The standard InChI is InChI=1S/C15H24O2/c1-9-13-11(14(16)17-9)8-10-6-4-5-7-12(10)15(13,2)3/h9-13H,4-8H2,1-3H3. The Morgan fingerprint density at radius 3 is 2.71 bits per heavy atom. The highest BCUT2D eigenvalue weighted by atomic mass is 16.6. The van der Waals surface area contributed by atoms with Crippen molar-refractivity contribution in [1.82, 2.24) is 0 Å². The van der Waals surface area contributed by atoms with Gasteiger partial charge >= 0.3 is 5.97 Å². The van der Waals surface area contributed by atoms with E-state index in [1.165, 1.54) is 25.7 Å². The van der Waals surface area contributed by atoms with Gasteiger partial charge in [0.2, 0.25) is 0 Å². The molecular formula is C15H24O2. The molecule has 96 valence electrons. The number of fused-ring (bicyclic) bond motifs is 2. The molecule has 1 aliphatic heterocycles. The Labute approximate surface area is 104 Å². The Balaban J connectivity index is 1.94. The molecule has 5 unspecified atom stereocenters. The van der Waals surface area contributed by atoms with Crippen LogP contribution >= 0.6 is 0 Å². The van der Waals surface area contributed by atoms with Crippen LogP contribution < -0.4 is 0 Å². The third-order valence-corrected chi connectivity index (χ3v) is 5.82. The van der Waals surface area contributed by atoms with Crippen molar-refractivity contribution in [1.29, 1.82) is 0 Å². The average Bonchev–Trinajstić information content (AvgIpc) is 2.55. The molecule has 2 saturated carbocycles. The highest BCUT2D eigenvalue weighted by molar-refractivity contribution is 5.75. The van der Waals surface area contributed by atoms with E-state index >= 15 is 0 Å². The van der Waals surface area contributed by atoms with Crippen molar-refractivity contribution < 1.29 is 9.53 Å². The lowest BCUT2D eigenvalue weighted by Crippen LogP contribution is -2.49. The Kier molecular flexibility index (Phi) is 2.53. The van der Waals surface area contributed by atoms with Crippen molar-refractivity contribution in [2.45, 2.75) is 59.0 Å². The summed E-state index contributed by atoms with van der Waals surface area (Å²) < 4.78 is 5.51. The number of ether oxygens (including phenoxy) is 1. The van der Waals surface area contributed by atoms with Crippen LogP contribution in [0.5, 0.6) is 0 Å². The lowest BCUT2D eigenvalue weighted by Gasteiger charge is -2.52. The molecule has 2 aliphatic carbocycles. The van der Waals surface area contributed by atoms with Gasteiger partial charge in [-0.15, -0.1) is 0 Å². The van der Waals surface area contributed by atoms with Crippen LogP contribution in [0.2, 0.25) is 0 Å². The van der Waals surface area contributed by atoms with E-state index in [1.807, 2.05) is 0 Å². The van der Waals surface area contributed by atoms with E-state index in [4.69, 9.17) is 4.74 Å². The molecule has 0 bridgehead atoms. The number of carbonyl (C=O) groups is 1. The monoisotopic (exact) mass is 236 g/mol. The fourth-order valence-electron chi connectivity index (χ4n) is 5.23. The molecule has 0 aromatic carbocycles. The third-order valence-electron chi connectivity index (χ3n) is 5.82. The number of hydrogen-bond acceptors (Lipinski definition) is 2. The summed E-state index contributed by atoms with van der Waals surface area (Å²) in [7, 11) is 0. The molecule has 2 nitrogen and oxygen atoms in total. The Morgan fingerprint density at radius 2 is 1.94 bits per heavy atom. The van der Waals surface area contributed by atoms with Crippen LogP contribution in [0.3, 0.4) is 0 Å². The van der Waals surface area contributed by atoms with E-state index in [-0.39, 0.29) is 23.4 Å². The molecule has 1 heterocycles. The molecule has 0 aromatic heterocycles. The van der Waals surface area contributed by atoms with Gasteiger partial charge in [-0.25, -0.2) is 0 Å². The minimum atomic E-state index is 0.0830. The van der Waals surface area contributed by atoms with Crippen LogP contribution in [-0.4, -0.2) is 12.1 Å². The van der Waals surface area contributed by atoms with E-state index in [0.29, 0.717) is 5.92 Å². The van der Waals surface area contributed by atoms with Crippen molar-refractivity contribution in [3.8, 4) is 0 Å². The molecule has 5 atom stereocenters. The van der Waals surface area contributed by atoms with Gasteiger partial charge in [-0.05, 0) is 37.0 Å². The Hall–Kier alpha value is -0.530. The molecule has 3 aliphatic rings. The van der Waals surface area contributed by atoms with E-state index in [2.05, 4.69) is 20.8 Å². The fourth-order valence-corrected chi connectivity index (χ4v) is 5.23. The van der Waals surface area contributed by atoms with Gasteiger partial charge in [0.05, 0.1) is 5.92 Å². The molecular weight excluding hydrogens is 212 g/mol. The molecule has 3 fully saturated rings. The normalized spacial score (nSPS) is 48.2. The van der Waals surface area contributed by atoms with Crippen LogP contribution in [0.25, 0.3) is 0 Å². The molecule has 0 amide bonds. The summed E-state index contributed by atoms with van der Waals surface area (Å²) in [5.74, 6) is 2.32. The third kappa shape index (κ3) is 1.56. The second kappa shape index (κ2) is 3.73. The van der Waals surface area contributed by atoms with Gasteiger partial charge in [0, 0.05) is 5.92 Å². The largest absolute Gasteiger partial charge is 0.462 e. The summed E-state index contributed by atoms with van der Waals surface area (Å²) in [5.41, 5.74) is 0.277. The summed E-state index contributed by atoms with van der Waals surface area (Å²) in [5, 5.41) is 0. The van der Waals surface area contributed by atoms with E-state index < -0.39 is 0 Å². The maximum absolute atomic E-state index is 12.0. The first-order valence-corrected chi connectivity index (χ1v) is 7.22. The van der Waals surface area contributed by atoms with Crippen molar-refractivity contribution in [2.75, 3.05) is 0 Å². The van der Waals surface area contributed by atoms with Crippen molar-refractivity contribution in [2.24, 2.45) is 29.1 Å². The van der Waals surface area contributed by atoms with Crippen molar-refractivity contribution >= 4 is 5.97 Å². The van der Waals surface area contributed by atoms with Crippen LogP contribution in [0.4, 0.5) is 0 Å². The molecule has 0 N–H and O–H groups in total. The first kappa shape index (κ1) is 11.6. The van der Waals surface area contributed by atoms with Crippen LogP contribution in [-0.2, 0) is 9.53 Å². The van der Waals surface area contributed by atoms with Gasteiger partial charge in [0.25, 0.3) is 0 Å². The van der Waals surface area contributed by atoms with Gasteiger partial charge < -0.3 is 4.74 Å². The lowest BCUT2D eigenvalue weighted by atomic mass is 9.51. The molecule has 0 radical (unpaired) electrons. The van der Waals surface area contributed by atoms with Gasteiger partial charge in [-0.1, -0.05) is 33.1 Å². The van der Waals surface area contributed by atoms with Gasteiger partial charge in [-0.3, -0.25) is 4.79 Å². The first-order chi connectivity index (χ1) is 8.01. The number of esters is 1. The lowest BCUT2D eigenvalue weighted by molar-refractivity contribution is -0.144. The van der Waals surface area contributed by atoms with Crippen LogP contribution in [0.15, 0.2) is 0 Å². The number of rotatable bonds is 0. The van der Waals surface area contributed by atoms with Gasteiger partial charge in [0.1, 0.15) is 6.10 Å². The topological polar surface area (TPSA) is 26.3 Å². The van der Waals surface area contributed by atoms with Gasteiger partial charge in [0.15, 0.2) is 0 Å². The van der Waals surface area contributed by atoms with Crippen molar-refractivity contribution in [3.05, 3.63) is 0 Å². The smallest absolute Gasteiger partial charge is 0.309 e. The fraction of sp³-hybridized carbons (Fsp3) is 0.933. The van der Waals surface area contributed by atoms with Gasteiger partial charge in [-0.2, -0.15) is 0 Å². The molecule has 2 heteroatoms. The SMILES string of the molecule is CC1OC(=O)C2CC3CCCCC3C(C)(C)C12. The number of hydrogen-bond donors (Lipinski definition) is 0. The number of carbonyl (C=O) groups excluding carboxylic acids is 1. The number of cyclic esters (lactones) is 1. The summed E-state index contributed by atoms with van der Waals surface area (Å²) in [6.07, 6.45) is 6.66. The molecule has 0 spiro atoms. The minimum absolute atomic E-state index is 0.0830. The summed E-state index contributed by atoms with van der Waals surface area (Å²) in [6.45, 7) is 6.85. The molecule has 1 saturated heterocycles. The van der Waals surface area contributed by atoms with E-state index in [1.54, 1.807) is 0 Å². The zero-order valence-corrected chi connectivity index (χ0v) is 11.2. The summed E-state index contributed by atoms with van der Waals surface area (Å²) >= 11 is 0. The average molecular weight is 236 g/mol. The van der Waals surface area contributed by atoms with Crippen molar-refractivity contribution in [3.63, 3.8) is 0 Å². The maximum atomic E-state index is 12.0. The van der Waals surface area contributed by atoms with Crippen LogP contribution in [0, 0.1) is 29.1 Å². The van der Waals surface area contributed by atoms with E-state index in [9.17, 15) is 4.79 Å². The second-order valence-electron chi connectivity index (χ2n) is 6.98. The zero-order chi connectivity index (χ0) is 12.2. The minimum Gasteiger partial charge on any atom is -0.462 e. The second-order valence-corrected chi connectivity index (χ2v) is 6.98. The maximum Gasteiger partial charge on any atom is 0.309 e. The highest BCUT2D eigenvalue weighted by Crippen LogP contribution is 2.58. The van der Waals surface area contributed by atoms with E-state index in [0.717, 1.165) is 18.3 Å². The predicted octanol–water partition coefficient (Wildman–Crippen LogP) is 3.40. The molecule has 17 heavy (non-hydrogen) atoms.